The number of rotatable bonds is 3. The zero-order valence-corrected chi connectivity index (χ0v) is 15.4. The molecule has 2 rings (SSSR count). The van der Waals surface area contributed by atoms with Gasteiger partial charge >= 0.3 is 0 Å². The van der Waals surface area contributed by atoms with Crippen LogP contribution in [0.2, 0.25) is 0 Å². The van der Waals surface area contributed by atoms with Crippen molar-refractivity contribution in [1.29, 1.82) is 0 Å². The summed E-state index contributed by atoms with van der Waals surface area (Å²) in [5.41, 5.74) is 8.62. The number of nitrogens with two attached hydrogens (primary N) is 1. The van der Waals surface area contributed by atoms with Crippen LogP contribution in [0, 0.1) is 0 Å². The second-order valence-corrected chi connectivity index (χ2v) is 8.32. The molecule has 1 nitrogen and oxygen atoms in total. The van der Waals surface area contributed by atoms with Crippen LogP contribution in [0.3, 0.4) is 0 Å². The van der Waals surface area contributed by atoms with Gasteiger partial charge in [-0.25, -0.2) is 0 Å². The summed E-state index contributed by atoms with van der Waals surface area (Å²) in [6.07, 6.45) is 0. The number of halogens is 1. The van der Waals surface area contributed by atoms with Crippen LogP contribution in [0.4, 0.5) is 0 Å². The molecule has 0 heterocycles. The molecule has 0 fully saturated rings. The zero-order chi connectivity index (χ0) is 15.6. The van der Waals surface area contributed by atoms with Crippen LogP contribution < -0.4 is 5.73 Å². The van der Waals surface area contributed by atoms with Crippen LogP contribution in [0.25, 0.3) is 0 Å². The first-order valence-electron chi connectivity index (χ1n) is 7.11. The summed E-state index contributed by atoms with van der Waals surface area (Å²) < 4.78 is 1.10. The van der Waals surface area contributed by atoms with E-state index in [4.69, 9.17) is 5.73 Å². The summed E-state index contributed by atoms with van der Waals surface area (Å²) in [6.45, 7) is 8.70. The molecular weight excluding hydrogens is 342 g/mol. The average molecular weight is 364 g/mol. The normalized spacial score (nSPS) is 13.2. The van der Waals surface area contributed by atoms with Gasteiger partial charge in [-0.2, -0.15) is 0 Å². The summed E-state index contributed by atoms with van der Waals surface area (Å²) in [7, 11) is 0. The molecule has 1 atom stereocenters. The molecule has 0 radical (unpaired) electrons. The molecule has 0 aliphatic heterocycles. The van der Waals surface area contributed by atoms with Gasteiger partial charge in [0.1, 0.15) is 0 Å². The van der Waals surface area contributed by atoms with E-state index in [2.05, 4.69) is 79.2 Å². The minimum absolute atomic E-state index is 0.0615. The number of benzene rings is 2. The number of hydrogen-bond donors (Lipinski definition) is 1. The van der Waals surface area contributed by atoms with Crippen molar-refractivity contribution in [3.05, 3.63) is 58.1 Å². The highest BCUT2D eigenvalue weighted by Crippen LogP contribution is 2.35. The van der Waals surface area contributed by atoms with Crippen LogP contribution >= 0.6 is 27.7 Å². The van der Waals surface area contributed by atoms with Crippen LogP contribution in [0.1, 0.15) is 44.9 Å². The smallest absolute Gasteiger partial charge is 0.0318 e. The summed E-state index contributed by atoms with van der Waals surface area (Å²) in [4.78, 5) is 2.46. The molecule has 2 N–H and O–H groups in total. The molecule has 0 aliphatic rings. The van der Waals surface area contributed by atoms with Gasteiger partial charge in [-0.1, -0.05) is 50.7 Å². The van der Waals surface area contributed by atoms with Gasteiger partial charge in [0.2, 0.25) is 0 Å². The summed E-state index contributed by atoms with van der Waals surface area (Å²) >= 11 is 5.41. The molecule has 0 aliphatic carbocycles. The van der Waals surface area contributed by atoms with Crippen molar-refractivity contribution in [2.45, 2.75) is 48.9 Å². The lowest BCUT2D eigenvalue weighted by Gasteiger charge is -2.19. The Hall–Kier alpha value is -0.770. The van der Waals surface area contributed by atoms with E-state index in [1.54, 1.807) is 11.8 Å². The Bertz CT molecular complexity index is 612. The molecule has 0 saturated heterocycles. The first-order valence-corrected chi connectivity index (χ1v) is 8.72. The minimum Gasteiger partial charge on any atom is -0.324 e. The van der Waals surface area contributed by atoms with E-state index < -0.39 is 0 Å². The molecule has 2 aromatic carbocycles. The van der Waals surface area contributed by atoms with Gasteiger partial charge < -0.3 is 5.73 Å². The third-order valence-electron chi connectivity index (χ3n) is 3.43. The van der Waals surface area contributed by atoms with Gasteiger partial charge in [-0.05, 0) is 63.7 Å². The van der Waals surface area contributed by atoms with E-state index >= 15 is 0 Å². The van der Waals surface area contributed by atoms with Crippen molar-refractivity contribution in [1.82, 2.24) is 0 Å². The predicted molar refractivity (Wildman–Crippen MR) is 96.0 cm³/mol. The lowest BCUT2D eigenvalue weighted by Crippen LogP contribution is -2.10. The second kappa shape index (κ2) is 6.55. The maximum atomic E-state index is 5.91. The van der Waals surface area contributed by atoms with Crippen molar-refractivity contribution in [2.75, 3.05) is 0 Å². The Balaban J connectivity index is 2.19. The third-order valence-corrected chi connectivity index (χ3v) is 5.43. The Kier molecular flexibility index (Phi) is 5.18. The highest BCUT2D eigenvalue weighted by Gasteiger charge is 2.13. The quantitative estimate of drug-likeness (QED) is 0.732. The lowest BCUT2D eigenvalue weighted by atomic mass is 9.87. The van der Waals surface area contributed by atoms with Gasteiger partial charge in [0.05, 0.1) is 0 Å². The van der Waals surface area contributed by atoms with Crippen molar-refractivity contribution in [3.63, 3.8) is 0 Å². The molecule has 3 heteroatoms. The van der Waals surface area contributed by atoms with Crippen LogP contribution in [-0.4, -0.2) is 0 Å². The monoisotopic (exact) mass is 363 g/mol. The first kappa shape index (κ1) is 16.6. The maximum Gasteiger partial charge on any atom is 0.0318 e. The van der Waals surface area contributed by atoms with Gasteiger partial charge in [0.15, 0.2) is 0 Å². The summed E-state index contributed by atoms with van der Waals surface area (Å²) in [5, 5.41) is 0. The van der Waals surface area contributed by atoms with Crippen LogP contribution in [-0.2, 0) is 5.41 Å². The van der Waals surface area contributed by atoms with E-state index in [9.17, 15) is 0 Å². The average Bonchev–Trinajstić information content (AvgIpc) is 2.40. The molecule has 2 aromatic rings. The Morgan fingerprint density at radius 2 is 1.67 bits per heavy atom. The SMILES string of the molecule is C[C@H](N)c1ccc(Sc2ccc(C(C)(C)C)cc2)c(Br)c1. The van der Waals surface area contributed by atoms with Gasteiger partial charge in [0.25, 0.3) is 0 Å². The fourth-order valence-corrected chi connectivity index (χ4v) is 3.49. The predicted octanol–water partition coefficient (Wildman–Crippen LogP) is 5.92. The van der Waals surface area contributed by atoms with E-state index in [-0.39, 0.29) is 11.5 Å². The van der Waals surface area contributed by atoms with Crippen molar-refractivity contribution in [3.8, 4) is 0 Å². The first-order chi connectivity index (χ1) is 9.77. The highest BCUT2D eigenvalue weighted by molar-refractivity contribution is 9.10. The van der Waals surface area contributed by atoms with Crippen LogP contribution in [0.15, 0.2) is 56.7 Å². The lowest BCUT2D eigenvalue weighted by molar-refractivity contribution is 0.590. The van der Waals surface area contributed by atoms with E-state index in [0.29, 0.717) is 0 Å². The molecule has 0 bridgehead atoms. The molecule has 0 spiro atoms. The molecule has 0 saturated carbocycles. The van der Waals surface area contributed by atoms with Gasteiger partial charge in [0, 0.05) is 20.3 Å². The molecule has 0 amide bonds. The molecule has 0 unspecified atom stereocenters. The standard InChI is InChI=1S/C18H22BrNS/c1-12(20)13-5-10-17(16(19)11-13)21-15-8-6-14(7-9-15)18(2,3)4/h5-12H,20H2,1-4H3/t12-/m0/s1. The number of hydrogen-bond acceptors (Lipinski definition) is 2. The fourth-order valence-electron chi connectivity index (χ4n) is 2.03. The van der Waals surface area contributed by atoms with E-state index in [1.807, 2.05) is 6.92 Å². The summed E-state index contributed by atoms with van der Waals surface area (Å²) in [5.74, 6) is 0. The third kappa shape index (κ3) is 4.35. The Morgan fingerprint density at radius 3 is 2.14 bits per heavy atom. The largest absolute Gasteiger partial charge is 0.324 e. The second-order valence-electron chi connectivity index (χ2n) is 6.35. The topological polar surface area (TPSA) is 26.0 Å². The Labute approximate surface area is 140 Å². The van der Waals surface area contributed by atoms with Gasteiger partial charge in [-0.3, -0.25) is 0 Å². The van der Waals surface area contributed by atoms with Crippen molar-refractivity contribution >= 4 is 27.7 Å². The molecule has 112 valence electrons. The van der Waals surface area contributed by atoms with Crippen molar-refractivity contribution in [2.24, 2.45) is 5.73 Å². The molecular formula is C18H22BrNS. The Morgan fingerprint density at radius 1 is 1.05 bits per heavy atom. The van der Waals surface area contributed by atoms with Crippen molar-refractivity contribution < 1.29 is 0 Å². The molecule has 21 heavy (non-hydrogen) atoms. The zero-order valence-electron chi connectivity index (χ0n) is 13.0. The fraction of sp³-hybridized carbons (Fsp3) is 0.333. The minimum atomic E-state index is 0.0615. The summed E-state index contributed by atoms with van der Waals surface area (Å²) in [6, 6.07) is 15.2. The van der Waals surface area contributed by atoms with Crippen LogP contribution in [0.5, 0.6) is 0 Å². The van der Waals surface area contributed by atoms with E-state index in [1.165, 1.54) is 15.4 Å². The molecule has 0 aromatic heterocycles. The van der Waals surface area contributed by atoms with E-state index in [0.717, 1.165) is 10.0 Å². The highest BCUT2D eigenvalue weighted by atomic mass is 79.9. The maximum absolute atomic E-state index is 5.91. The van der Waals surface area contributed by atoms with Gasteiger partial charge in [-0.15, -0.1) is 0 Å².